The normalized spacial score (nSPS) is 10.2. The second-order valence-corrected chi connectivity index (χ2v) is 7.47. The van der Waals surface area contributed by atoms with Crippen molar-refractivity contribution >= 4 is 34.6 Å². The molecule has 3 aromatic carbocycles. The van der Waals surface area contributed by atoms with Crippen LogP contribution in [-0.2, 0) is 4.79 Å². The van der Waals surface area contributed by atoms with E-state index in [4.69, 9.17) is 0 Å². The lowest BCUT2D eigenvalue weighted by atomic mass is 9.90. The number of aryl methyl sites for hydroxylation is 2. The van der Waals surface area contributed by atoms with Gasteiger partial charge in [0.2, 0.25) is 0 Å². The van der Waals surface area contributed by atoms with Crippen LogP contribution in [0.5, 0.6) is 0 Å². The van der Waals surface area contributed by atoms with Crippen molar-refractivity contribution in [2.24, 2.45) is 0 Å². The van der Waals surface area contributed by atoms with Crippen LogP contribution >= 0.6 is 0 Å². The van der Waals surface area contributed by atoms with Crippen LogP contribution in [0.1, 0.15) is 82.5 Å². The highest BCUT2D eigenvalue weighted by Gasteiger charge is 2.23. The largest absolute Gasteiger partial charge is 0.345 e. The molecule has 0 aliphatic heterocycles. The molecular weight excluding hydrogens is 434 g/mol. The summed E-state index contributed by atoms with van der Waals surface area (Å²) in [6, 6.07) is 14.2. The van der Waals surface area contributed by atoms with Gasteiger partial charge in [-0.15, -0.1) is 0 Å². The number of hydrogen-bond donors (Lipinski definition) is 1. The zero-order chi connectivity index (χ0) is 26.7. The highest BCUT2D eigenvalue weighted by atomic mass is 16.2. The number of benzene rings is 2. The van der Waals surface area contributed by atoms with Crippen LogP contribution in [0.3, 0.4) is 0 Å². The first kappa shape index (κ1) is 29.5. The molecule has 0 fully saturated rings. The van der Waals surface area contributed by atoms with Crippen LogP contribution in [0, 0.1) is 13.8 Å². The van der Waals surface area contributed by atoms with Crippen LogP contribution in [0.2, 0.25) is 0 Å². The highest BCUT2D eigenvalue weighted by molar-refractivity contribution is 6.12. The molecule has 0 atom stereocenters. The number of nitrogens with one attached hydrogen (secondary N) is 1. The molecule has 4 nitrogen and oxygen atoms in total. The third-order valence-electron chi connectivity index (χ3n) is 5.38. The highest BCUT2D eigenvalue weighted by Crippen LogP contribution is 2.37. The second kappa shape index (κ2) is 14.0. The minimum Gasteiger partial charge on any atom is -0.345 e. The number of carbonyl (C=O) groups is 2. The number of amides is 1. The molecule has 0 saturated carbocycles. The molecule has 1 amide bonds. The minimum atomic E-state index is -0.511. The van der Waals surface area contributed by atoms with E-state index in [9.17, 15) is 14.4 Å². The summed E-state index contributed by atoms with van der Waals surface area (Å²) in [6.07, 6.45) is 3.68. The average Bonchev–Trinajstić information content (AvgIpc) is 2.92. The maximum atomic E-state index is 13.2. The Morgan fingerprint density at radius 3 is 1.91 bits per heavy atom. The van der Waals surface area contributed by atoms with E-state index in [0.29, 0.717) is 11.1 Å². The van der Waals surface area contributed by atoms with Gasteiger partial charge in [-0.2, -0.15) is 0 Å². The smallest absolute Gasteiger partial charge is 0.255 e. The topological polar surface area (TPSA) is 63.2 Å². The molecule has 0 spiro atoms. The van der Waals surface area contributed by atoms with Gasteiger partial charge in [-0.1, -0.05) is 95.6 Å². The lowest BCUT2D eigenvalue weighted by Crippen LogP contribution is -2.33. The van der Waals surface area contributed by atoms with Crippen molar-refractivity contribution in [1.82, 2.24) is 5.32 Å². The van der Waals surface area contributed by atoms with Crippen molar-refractivity contribution < 1.29 is 11.0 Å². The van der Waals surface area contributed by atoms with Crippen molar-refractivity contribution in [2.75, 3.05) is 6.54 Å². The molecule has 4 rings (SSSR count). The molecule has 0 bridgehead atoms. The van der Waals surface area contributed by atoms with Crippen LogP contribution in [0.15, 0.2) is 47.3 Å². The monoisotopic (exact) mass is 475 g/mol. The van der Waals surface area contributed by atoms with Crippen LogP contribution in [0.25, 0.3) is 34.1 Å². The summed E-state index contributed by atoms with van der Waals surface area (Å²) in [6.45, 7) is 17.1. The molecule has 0 heterocycles. The Balaban J connectivity index is 0.00000163. The molecule has 35 heavy (non-hydrogen) atoms. The quantitative estimate of drug-likeness (QED) is 0.330. The molecule has 0 aromatic heterocycles. The summed E-state index contributed by atoms with van der Waals surface area (Å²) in [7, 11) is 0. The number of fused-ring (bicyclic) bond motifs is 3. The fraction of sp³-hybridized carbons (Fsp3) is 0.323. The lowest BCUT2D eigenvalue weighted by Gasteiger charge is -2.13. The molecule has 1 N–H and O–H groups in total. The van der Waals surface area contributed by atoms with E-state index in [1.54, 1.807) is 13.0 Å². The second-order valence-electron chi connectivity index (χ2n) is 7.47. The van der Waals surface area contributed by atoms with Crippen LogP contribution in [0.4, 0.5) is 0 Å². The summed E-state index contributed by atoms with van der Waals surface area (Å²) in [5.74, 6) is -0.674. The van der Waals surface area contributed by atoms with Gasteiger partial charge in [0, 0.05) is 6.99 Å². The Kier molecular flexibility index (Phi) is 11.8. The third-order valence-corrected chi connectivity index (χ3v) is 5.38. The van der Waals surface area contributed by atoms with E-state index < -0.39 is 5.91 Å². The molecule has 188 valence electrons. The predicted octanol–water partition coefficient (Wildman–Crippen LogP) is 7.61. The standard InChI is InChI=1S/C25H21NO3.3C2H6.H2/c1-14-7-9-17(10-8-14)19-6-4-5-18-16(3)22(25(29)26-13-15(2)27)24(28)21-12-11-20(21)23(18)19;3*1-2;/h4-12H,13H2,1-3H3,(H,26,29);3*1-2H3;1H. The Morgan fingerprint density at radius 1 is 0.829 bits per heavy atom. The van der Waals surface area contributed by atoms with E-state index in [1.165, 1.54) is 12.5 Å². The van der Waals surface area contributed by atoms with E-state index in [2.05, 4.69) is 29.6 Å². The maximum Gasteiger partial charge on any atom is 0.255 e. The van der Waals surface area contributed by atoms with E-state index in [1.807, 2.05) is 72.7 Å². The minimum absolute atomic E-state index is 0. The van der Waals surface area contributed by atoms with Gasteiger partial charge in [0.15, 0.2) is 5.43 Å². The molecule has 1 aliphatic rings. The van der Waals surface area contributed by atoms with Gasteiger partial charge in [0.1, 0.15) is 5.78 Å². The van der Waals surface area contributed by atoms with E-state index in [-0.39, 0.29) is 24.7 Å². The molecule has 0 radical (unpaired) electrons. The predicted molar refractivity (Wildman–Crippen MR) is 153 cm³/mol. The molecule has 0 saturated heterocycles. The number of carbonyl (C=O) groups excluding carboxylic acids is 2. The first-order valence-corrected chi connectivity index (χ1v) is 12.5. The SMILES string of the molecule is CC.CC.CC.CC(=O)CNC(=O)c1c(C)c2cccc(-c3ccc(C)cc3)c2c2c(c1=O)C=C2.[HH]. The van der Waals surface area contributed by atoms with Crippen LogP contribution < -0.4 is 10.7 Å². The van der Waals surface area contributed by atoms with Crippen molar-refractivity contribution in [3.8, 4) is 11.1 Å². The maximum absolute atomic E-state index is 13.2. The van der Waals surface area contributed by atoms with Crippen molar-refractivity contribution in [2.45, 2.75) is 62.3 Å². The molecule has 3 aromatic rings. The summed E-state index contributed by atoms with van der Waals surface area (Å²) in [5, 5.41) is 4.40. The van der Waals surface area contributed by atoms with Crippen molar-refractivity contribution in [1.29, 1.82) is 0 Å². The average molecular weight is 476 g/mol. The van der Waals surface area contributed by atoms with Gasteiger partial charge in [0.25, 0.3) is 5.91 Å². The van der Waals surface area contributed by atoms with Gasteiger partial charge in [-0.05, 0) is 59.9 Å². The zero-order valence-electron chi connectivity index (χ0n) is 22.6. The number of rotatable bonds is 4. The van der Waals surface area contributed by atoms with Gasteiger partial charge in [-0.3, -0.25) is 14.4 Å². The van der Waals surface area contributed by atoms with E-state index >= 15 is 0 Å². The van der Waals surface area contributed by atoms with Gasteiger partial charge in [-0.25, -0.2) is 0 Å². The molecule has 1 aliphatic carbocycles. The van der Waals surface area contributed by atoms with Gasteiger partial charge >= 0.3 is 0 Å². The Morgan fingerprint density at radius 2 is 1.40 bits per heavy atom. The lowest BCUT2D eigenvalue weighted by molar-refractivity contribution is -0.116. The Labute approximate surface area is 211 Å². The summed E-state index contributed by atoms with van der Waals surface area (Å²) in [4.78, 5) is 37.2. The number of hydrogen-bond acceptors (Lipinski definition) is 3. The van der Waals surface area contributed by atoms with Gasteiger partial charge < -0.3 is 5.32 Å². The zero-order valence-corrected chi connectivity index (χ0v) is 22.6. The summed E-state index contributed by atoms with van der Waals surface area (Å²) in [5.41, 5.74) is 5.08. The molecule has 4 heteroatoms. The molecular formula is C31H41NO3. The number of Topliss-reactive ketones (excluding diaryl/α,β-unsaturated/α-hetero) is 1. The Bertz CT molecular complexity index is 1280. The fourth-order valence-corrected chi connectivity index (χ4v) is 3.80. The summed E-state index contributed by atoms with van der Waals surface area (Å²) >= 11 is 0. The summed E-state index contributed by atoms with van der Waals surface area (Å²) < 4.78 is 0. The first-order valence-electron chi connectivity index (χ1n) is 12.5. The third kappa shape index (κ3) is 6.33. The fourth-order valence-electron chi connectivity index (χ4n) is 3.80. The Hall–Kier alpha value is -3.53. The first-order chi connectivity index (χ1) is 16.9. The van der Waals surface area contributed by atoms with E-state index in [0.717, 1.165) is 27.5 Å². The van der Waals surface area contributed by atoms with Crippen molar-refractivity contribution in [3.63, 3.8) is 0 Å². The van der Waals surface area contributed by atoms with Gasteiger partial charge in [0.05, 0.1) is 12.1 Å². The van der Waals surface area contributed by atoms with Crippen LogP contribution in [-0.4, -0.2) is 18.2 Å². The number of ketones is 1. The molecule has 0 unspecified atom stereocenters. The van der Waals surface area contributed by atoms with Crippen molar-refractivity contribution in [3.05, 3.63) is 80.5 Å².